The molecule has 154 valence electrons. The molecule has 0 spiro atoms. The van der Waals surface area contributed by atoms with Gasteiger partial charge in [-0.2, -0.15) is 0 Å². The van der Waals surface area contributed by atoms with Crippen LogP contribution in [-0.4, -0.2) is 6.61 Å². The van der Waals surface area contributed by atoms with Crippen molar-refractivity contribution in [2.75, 3.05) is 6.61 Å². The van der Waals surface area contributed by atoms with Crippen molar-refractivity contribution >= 4 is 12.0 Å². The van der Waals surface area contributed by atoms with Gasteiger partial charge in [0.15, 0.2) is 0 Å². The molecule has 28 heavy (non-hydrogen) atoms. The van der Waals surface area contributed by atoms with E-state index in [0.29, 0.717) is 6.61 Å². The number of hydrogen-bond acceptors (Lipinski definition) is 2. The number of benzene rings is 1. The van der Waals surface area contributed by atoms with E-state index in [1.54, 1.807) is 0 Å². The summed E-state index contributed by atoms with van der Waals surface area (Å²) in [6.45, 7) is 11.7. The Morgan fingerprint density at radius 2 is 1.21 bits per heavy atom. The van der Waals surface area contributed by atoms with Gasteiger partial charge >= 0.3 is 0 Å². The first-order valence-corrected chi connectivity index (χ1v) is 11.2. The Kier molecular flexibility index (Phi) is 13.5. The van der Waals surface area contributed by atoms with Gasteiger partial charge in [-0.05, 0) is 85.3 Å². The topological polar surface area (TPSA) is 9.23 Å². The van der Waals surface area contributed by atoms with Gasteiger partial charge in [-0.3, -0.25) is 0 Å². The highest BCUT2D eigenvalue weighted by Crippen LogP contribution is 2.18. The highest BCUT2D eigenvalue weighted by Gasteiger charge is 1.95. The van der Waals surface area contributed by atoms with E-state index < -0.39 is 0 Å². The molecule has 1 rings (SSSR count). The van der Waals surface area contributed by atoms with Crippen molar-refractivity contribution in [1.82, 2.24) is 0 Å². The Morgan fingerprint density at radius 3 is 1.75 bits per heavy atom. The molecule has 1 aromatic carbocycles. The van der Waals surface area contributed by atoms with E-state index in [0.717, 1.165) is 24.2 Å². The first-order chi connectivity index (χ1) is 13.5. The van der Waals surface area contributed by atoms with E-state index in [1.807, 2.05) is 18.2 Å². The van der Waals surface area contributed by atoms with E-state index in [4.69, 9.17) is 4.18 Å². The molecule has 0 heterocycles. The maximum absolute atomic E-state index is 5.65. The lowest BCUT2D eigenvalue weighted by molar-refractivity contribution is 0.427. The second-order valence-electron chi connectivity index (χ2n) is 7.73. The van der Waals surface area contributed by atoms with Gasteiger partial charge in [0.1, 0.15) is 0 Å². The lowest BCUT2D eigenvalue weighted by Gasteiger charge is -2.03. The maximum Gasteiger partial charge on any atom is 0.0802 e. The second-order valence-corrected chi connectivity index (χ2v) is 8.60. The molecular weight excluding hydrogens is 360 g/mol. The van der Waals surface area contributed by atoms with Crippen LogP contribution in [0.25, 0.3) is 0 Å². The van der Waals surface area contributed by atoms with Crippen molar-refractivity contribution < 1.29 is 4.18 Å². The van der Waals surface area contributed by atoms with Gasteiger partial charge in [0.25, 0.3) is 0 Å². The SMILES string of the molecule is CC(C)=CCC/C(C)=C/CC/C(C)=C/CC/C(C)=C/COSc1ccccc1. The van der Waals surface area contributed by atoms with Crippen LogP contribution in [0.4, 0.5) is 0 Å². The third-order valence-corrected chi connectivity index (χ3v) is 5.27. The van der Waals surface area contributed by atoms with E-state index in [2.05, 4.69) is 71.1 Å². The van der Waals surface area contributed by atoms with Crippen molar-refractivity contribution in [2.45, 2.75) is 78.0 Å². The molecule has 0 saturated carbocycles. The molecule has 2 heteroatoms. The third kappa shape index (κ3) is 13.6. The van der Waals surface area contributed by atoms with E-state index in [1.165, 1.54) is 53.6 Å². The molecule has 0 unspecified atom stereocenters. The van der Waals surface area contributed by atoms with Gasteiger partial charge < -0.3 is 4.18 Å². The van der Waals surface area contributed by atoms with Crippen molar-refractivity contribution in [1.29, 1.82) is 0 Å². The van der Waals surface area contributed by atoms with Gasteiger partial charge in [0.2, 0.25) is 0 Å². The average molecular weight is 399 g/mol. The molecule has 0 aliphatic heterocycles. The molecule has 0 bridgehead atoms. The van der Waals surface area contributed by atoms with Crippen LogP contribution < -0.4 is 0 Å². The Morgan fingerprint density at radius 1 is 0.714 bits per heavy atom. The Bertz CT molecular complexity index is 661. The Hall–Kier alpha value is -1.51. The molecule has 1 nitrogen and oxygen atoms in total. The quantitative estimate of drug-likeness (QED) is 0.186. The first kappa shape index (κ1) is 24.5. The van der Waals surface area contributed by atoms with Crippen LogP contribution in [0.2, 0.25) is 0 Å². The summed E-state index contributed by atoms with van der Waals surface area (Å²) in [5.41, 5.74) is 5.82. The fraction of sp³-hybridized carbons (Fsp3) is 0.462. The summed E-state index contributed by atoms with van der Waals surface area (Å²) in [6.07, 6.45) is 16.2. The number of hydrogen-bond donors (Lipinski definition) is 0. The summed E-state index contributed by atoms with van der Waals surface area (Å²) in [6, 6.07) is 10.2. The van der Waals surface area contributed by atoms with Crippen molar-refractivity contribution in [3.8, 4) is 0 Å². The van der Waals surface area contributed by atoms with Crippen LogP contribution >= 0.6 is 12.0 Å². The summed E-state index contributed by atoms with van der Waals surface area (Å²) in [4.78, 5) is 1.15. The molecule has 0 atom stereocenters. The first-order valence-electron chi connectivity index (χ1n) is 10.4. The second kappa shape index (κ2) is 15.4. The Labute approximate surface area is 177 Å². The molecular formula is C26H38OS. The largest absolute Gasteiger partial charge is 0.306 e. The predicted molar refractivity (Wildman–Crippen MR) is 127 cm³/mol. The van der Waals surface area contributed by atoms with Crippen LogP contribution in [0.1, 0.15) is 73.1 Å². The van der Waals surface area contributed by atoms with Gasteiger partial charge in [-0.1, -0.05) is 64.8 Å². The summed E-state index contributed by atoms with van der Waals surface area (Å²) in [7, 11) is 0. The monoisotopic (exact) mass is 398 g/mol. The fourth-order valence-corrected chi connectivity index (χ4v) is 3.28. The van der Waals surface area contributed by atoms with Crippen LogP contribution in [0.15, 0.2) is 81.8 Å². The summed E-state index contributed by atoms with van der Waals surface area (Å²) >= 11 is 1.44. The average Bonchev–Trinajstić information content (AvgIpc) is 2.66. The molecule has 0 fully saturated rings. The van der Waals surface area contributed by atoms with Gasteiger partial charge in [0.05, 0.1) is 6.61 Å². The molecule has 0 aliphatic rings. The number of allylic oxidation sites excluding steroid dienone is 7. The molecule has 1 aromatic rings. The van der Waals surface area contributed by atoms with Crippen LogP contribution in [0.5, 0.6) is 0 Å². The van der Waals surface area contributed by atoms with E-state index in [9.17, 15) is 0 Å². The zero-order chi connectivity index (χ0) is 20.6. The minimum atomic E-state index is 0.658. The van der Waals surface area contributed by atoms with Gasteiger partial charge in [-0.15, -0.1) is 0 Å². The third-order valence-electron chi connectivity index (χ3n) is 4.55. The summed E-state index contributed by atoms with van der Waals surface area (Å²) in [5, 5.41) is 0. The summed E-state index contributed by atoms with van der Waals surface area (Å²) < 4.78 is 5.65. The normalized spacial score (nSPS) is 13.0. The van der Waals surface area contributed by atoms with E-state index in [-0.39, 0.29) is 0 Å². The Balaban J connectivity index is 2.17. The predicted octanol–water partition coefficient (Wildman–Crippen LogP) is 8.86. The maximum atomic E-state index is 5.65. The van der Waals surface area contributed by atoms with Crippen LogP contribution in [0.3, 0.4) is 0 Å². The van der Waals surface area contributed by atoms with Crippen molar-refractivity contribution in [3.63, 3.8) is 0 Å². The molecule has 0 N–H and O–H groups in total. The standard InChI is InChI=1S/C26H38OS/c1-22(2)12-9-13-23(3)14-10-15-24(4)16-11-17-25(5)20-21-27-28-26-18-7-6-8-19-26/h6-8,12,14,16,18-20H,9-11,13,15,17,21H2,1-5H3/b23-14+,24-16+,25-20+. The summed E-state index contributed by atoms with van der Waals surface area (Å²) in [5.74, 6) is 0. The minimum Gasteiger partial charge on any atom is -0.306 e. The number of rotatable bonds is 13. The van der Waals surface area contributed by atoms with Crippen LogP contribution in [0, 0.1) is 0 Å². The molecule has 0 aliphatic carbocycles. The minimum absolute atomic E-state index is 0.658. The fourth-order valence-electron chi connectivity index (χ4n) is 2.74. The molecule has 0 amide bonds. The molecule has 0 aromatic heterocycles. The smallest absolute Gasteiger partial charge is 0.0802 e. The lowest BCUT2D eigenvalue weighted by Crippen LogP contribution is -1.85. The van der Waals surface area contributed by atoms with Gasteiger partial charge in [0, 0.05) is 16.9 Å². The van der Waals surface area contributed by atoms with Crippen molar-refractivity contribution in [2.24, 2.45) is 0 Å². The molecule has 0 radical (unpaired) electrons. The zero-order valence-corrected chi connectivity index (χ0v) is 19.3. The lowest BCUT2D eigenvalue weighted by atomic mass is 10.0. The van der Waals surface area contributed by atoms with Gasteiger partial charge in [-0.25, -0.2) is 0 Å². The van der Waals surface area contributed by atoms with E-state index >= 15 is 0 Å². The highest BCUT2D eigenvalue weighted by molar-refractivity contribution is 7.94. The van der Waals surface area contributed by atoms with Crippen molar-refractivity contribution in [3.05, 3.63) is 76.9 Å². The van der Waals surface area contributed by atoms with Crippen LogP contribution in [-0.2, 0) is 4.18 Å². The molecule has 0 saturated heterocycles. The zero-order valence-electron chi connectivity index (χ0n) is 18.5. The highest BCUT2D eigenvalue weighted by atomic mass is 32.2.